The van der Waals surface area contributed by atoms with Crippen molar-refractivity contribution in [2.24, 2.45) is 5.92 Å². The Hall–Kier alpha value is -1.05. The molecule has 0 aliphatic carbocycles. The molecule has 0 bridgehead atoms. The van der Waals surface area contributed by atoms with Gasteiger partial charge >= 0.3 is 5.69 Å². The van der Waals surface area contributed by atoms with Gasteiger partial charge in [0.1, 0.15) is 0 Å². The Morgan fingerprint density at radius 3 is 2.78 bits per heavy atom. The first-order valence-corrected chi connectivity index (χ1v) is 6.70. The molecule has 0 saturated carbocycles. The van der Waals surface area contributed by atoms with Crippen LogP contribution in [0.15, 0.2) is 15.8 Å². The van der Waals surface area contributed by atoms with Crippen LogP contribution in [-0.4, -0.2) is 38.2 Å². The Labute approximate surface area is 108 Å². The highest BCUT2D eigenvalue weighted by molar-refractivity contribution is 8.00. The molecule has 6 nitrogen and oxygen atoms in total. The highest BCUT2D eigenvalue weighted by Crippen LogP contribution is 2.44. The van der Waals surface area contributed by atoms with Gasteiger partial charge in [-0.1, -0.05) is 0 Å². The minimum atomic E-state index is -0.472. The van der Waals surface area contributed by atoms with Gasteiger partial charge in [0.2, 0.25) is 0 Å². The third kappa shape index (κ3) is 2.38. The molecule has 3 N–H and O–H groups in total. The Morgan fingerprint density at radius 1 is 1.44 bits per heavy atom. The van der Waals surface area contributed by atoms with Crippen LogP contribution < -0.4 is 11.2 Å². The molecule has 2 rings (SSSR count). The molecule has 0 aromatic carbocycles. The molecule has 0 spiro atoms. The first kappa shape index (κ1) is 13.4. The summed E-state index contributed by atoms with van der Waals surface area (Å²) in [6, 6.07) is 0. The van der Waals surface area contributed by atoms with E-state index in [4.69, 9.17) is 5.11 Å². The van der Waals surface area contributed by atoms with E-state index in [1.165, 1.54) is 22.5 Å². The number of hydrogen-bond donors (Lipinski definition) is 3. The van der Waals surface area contributed by atoms with Crippen LogP contribution in [0.5, 0.6) is 0 Å². The quantitative estimate of drug-likeness (QED) is 0.686. The number of hydrogen-bond acceptors (Lipinski definition) is 5. The second-order valence-corrected chi connectivity index (χ2v) is 5.91. The molecular formula is C11H16N2O4S. The molecule has 7 heteroatoms. The molecule has 18 heavy (non-hydrogen) atoms. The van der Waals surface area contributed by atoms with Crippen molar-refractivity contribution in [3.05, 3.63) is 32.6 Å². The highest BCUT2D eigenvalue weighted by atomic mass is 32.2. The molecule has 1 saturated heterocycles. The molecule has 0 amide bonds. The standard InChI is InChI=1S/C11H16N2O4S/c1-6-3-13(11(17)12-9(6)16)10-7(4-14)2-8(5-15)18-10/h3,7-8,10,14-15H,2,4-5H2,1H3,(H,12,16,17)/t7-,8+,10+/m0/s1. The Bertz CT molecular complexity index is 539. The van der Waals surface area contributed by atoms with Crippen molar-refractivity contribution >= 4 is 11.8 Å². The molecule has 1 fully saturated rings. The molecule has 0 radical (unpaired) electrons. The second kappa shape index (κ2) is 5.29. The van der Waals surface area contributed by atoms with Crippen LogP contribution in [0.25, 0.3) is 0 Å². The maximum absolute atomic E-state index is 11.8. The molecule has 1 aliphatic heterocycles. The molecule has 2 heterocycles. The summed E-state index contributed by atoms with van der Waals surface area (Å²) in [6.45, 7) is 1.61. The fourth-order valence-corrected chi connectivity index (χ4v) is 3.71. The number of nitrogens with one attached hydrogen (secondary N) is 1. The smallest absolute Gasteiger partial charge is 0.329 e. The lowest BCUT2D eigenvalue weighted by atomic mass is 10.0. The zero-order chi connectivity index (χ0) is 13.3. The number of H-pyrrole nitrogens is 1. The minimum absolute atomic E-state index is 0.0197. The van der Waals surface area contributed by atoms with E-state index < -0.39 is 11.2 Å². The molecule has 0 unspecified atom stereocenters. The average Bonchev–Trinajstić information content (AvgIpc) is 2.77. The van der Waals surface area contributed by atoms with E-state index >= 15 is 0 Å². The van der Waals surface area contributed by atoms with Crippen LogP contribution in [0.3, 0.4) is 0 Å². The topological polar surface area (TPSA) is 95.3 Å². The maximum atomic E-state index is 11.8. The summed E-state index contributed by atoms with van der Waals surface area (Å²) in [5.41, 5.74) is -0.405. The Kier molecular flexibility index (Phi) is 3.94. The van der Waals surface area contributed by atoms with Gasteiger partial charge in [-0.2, -0.15) is 0 Å². The van der Waals surface area contributed by atoms with Gasteiger partial charge in [-0.15, -0.1) is 11.8 Å². The van der Waals surface area contributed by atoms with Crippen LogP contribution in [0.4, 0.5) is 0 Å². The van der Waals surface area contributed by atoms with Crippen molar-refractivity contribution in [2.45, 2.75) is 24.0 Å². The van der Waals surface area contributed by atoms with Gasteiger partial charge in [-0.05, 0) is 13.3 Å². The summed E-state index contributed by atoms with van der Waals surface area (Å²) < 4.78 is 1.44. The number of thioether (sulfide) groups is 1. The van der Waals surface area contributed by atoms with Crippen molar-refractivity contribution in [1.82, 2.24) is 9.55 Å². The zero-order valence-corrected chi connectivity index (χ0v) is 10.8. The van der Waals surface area contributed by atoms with Crippen LogP contribution in [0.1, 0.15) is 17.4 Å². The number of aliphatic hydroxyl groups is 2. The van der Waals surface area contributed by atoms with Crippen LogP contribution >= 0.6 is 11.8 Å². The third-order valence-corrected chi connectivity index (χ3v) is 4.78. The van der Waals surface area contributed by atoms with E-state index in [0.717, 1.165) is 0 Å². The summed E-state index contributed by atoms with van der Waals surface area (Å²) in [5, 5.41) is 18.3. The van der Waals surface area contributed by atoms with Crippen LogP contribution in [-0.2, 0) is 0 Å². The number of nitrogens with zero attached hydrogens (tertiary/aromatic N) is 1. The van der Waals surface area contributed by atoms with Crippen LogP contribution in [0.2, 0.25) is 0 Å². The van der Waals surface area contributed by atoms with E-state index in [0.29, 0.717) is 12.0 Å². The predicted octanol–water partition coefficient (Wildman–Crippen LogP) is -0.550. The van der Waals surface area contributed by atoms with Gasteiger partial charge < -0.3 is 10.2 Å². The van der Waals surface area contributed by atoms with Gasteiger partial charge in [0, 0.05) is 29.5 Å². The van der Waals surface area contributed by atoms with E-state index in [1.54, 1.807) is 6.92 Å². The zero-order valence-electron chi connectivity index (χ0n) is 10.00. The maximum Gasteiger partial charge on any atom is 0.329 e. The number of rotatable bonds is 3. The second-order valence-electron chi connectivity index (χ2n) is 4.49. The predicted molar refractivity (Wildman–Crippen MR) is 68.8 cm³/mol. The van der Waals surface area contributed by atoms with Crippen molar-refractivity contribution in [3.8, 4) is 0 Å². The normalized spacial score (nSPS) is 27.6. The van der Waals surface area contributed by atoms with Crippen molar-refractivity contribution in [3.63, 3.8) is 0 Å². The Morgan fingerprint density at radius 2 is 2.17 bits per heavy atom. The number of aryl methyl sites for hydroxylation is 1. The fourth-order valence-electron chi connectivity index (χ4n) is 2.17. The van der Waals surface area contributed by atoms with E-state index in [-0.39, 0.29) is 29.8 Å². The molecule has 1 aliphatic rings. The highest BCUT2D eigenvalue weighted by Gasteiger charge is 2.36. The third-order valence-electron chi connectivity index (χ3n) is 3.16. The summed E-state index contributed by atoms with van der Waals surface area (Å²) >= 11 is 1.46. The first-order chi connectivity index (χ1) is 8.56. The first-order valence-electron chi connectivity index (χ1n) is 5.76. The minimum Gasteiger partial charge on any atom is -0.396 e. The van der Waals surface area contributed by atoms with Gasteiger partial charge in [0.15, 0.2) is 0 Å². The lowest BCUT2D eigenvalue weighted by Crippen LogP contribution is -2.34. The van der Waals surface area contributed by atoms with E-state index in [9.17, 15) is 14.7 Å². The van der Waals surface area contributed by atoms with Gasteiger partial charge in [0.05, 0.1) is 12.0 Å². The summed E-state index contributed by atoms with van der Waals surface area (Å²) in [7, 11) is 0. The molecular weight excluding hydrogens is 256 g/mol. The summed E-state index contributed by atoms with van der Waals surface area (Å²) in [4.78, 5) is 25.4. The monoisotopic (exact) mass is 272 g/mol. The lowest BCUT2D eigenvalue weighted by Gasteiger charge is -2.19. The lowest BCUT2D eigenvalue weighted by molar-refractivity contribution is 0.197. The van der Waals surface area contributed by atoms with Crippen molar-refractivity contribution in [1.29, 1.82) is 0 Å². The number of aromatic amines is 1. The van der Waals surface area contributed by atoms with E-state index in [2.05, 4.69) is 4.98 Å². The Balaban J connectivity index is 2.39. The summed E-state index contributed by atoms with van der Waals surface area (Å²) in [6.07, 6.45) is 2.17. The SMILES string of the molecule is Cc1cn([C@@H]2S[C@@H](CO)C[C@H]2CO)c(=O)[nH]c1=O. The number of aliphatic hydroxyl groups excluding tert-OH is 2. The van der Waals surface area contributed by atoms with Crippen LogP contribution in [0, 0.1) is 12.8 Å². The molecule has 1 aromatic rings. The van der Waals surface area contributed by atoms with Crippen molar-refractivity contribution in [2.75, 3.05) is 13.2 Å². The average molecular weight is 272 g/mol. The van der Waals surface area contributed by atoms with E-state index in [1.807, 2.05) is 0 Å². The molecule has 3 atom stereocenters. The van der Waals surface area contributed by atoms with Gasteiger partial charge in [0.25, 0.3) is 5.56 Å². The summed E-state index contributed by atoms with van der Waals surface area (Å²) in [5.74, 6) is -0.0878. The van der Waals surface area contributed by atoms with Gasteiger partial charge in [-0.3, -0.25) is 14.3 Å². The number of aromatic nitrogens is 2. The van der Waals surface area contributed by atoms with Gasteiger partial charge in [-0.25, -0.2) is 4.79 Å². The largest absolute Gasteiger partial charge is 0.396 e. The molecule has 1 aromatic heterocycles. The molecule has 100 valence electrons. The van der Waals surface area contributed by atoms with Crippen molar-refractivity contribution < 1.29 is 10.2 Å². The fraction of sp³-hybridized carbons (Fsp3) is 0.636.